The number of likely N-dealkylation sites (tertiary alicyclic amines) is 1. The van der Waals surface area contributed by atoms with Gasteiger partial charge in [-0.15, -0.1) is 0 Å². The molecule has 1 aliphatic heterocycles. The highest BCUT2D eigenvalue weighted by Gasteiger charge is 2.24. The van der Waals surface area contributed by atoms with Crippen LogP contribution in [0, 0.1) is 9.49 Å². The fourth-order valence-corrected chi connectivity index (χ4v) is 3.80. The van der Waals surface area contributed by atoms with Crippen molar-refractivity contribution in [2.24, 2.45) is 5.92 Å². The van der Waals surface area contributed by atoms with Crippen LogP contribution in [0.15, 0.2) is 18.2 Å². The fraction of sp³-hybridized carbons (Fsp3) is 0.529. The van der Waals surface area contributed by atoms with E-state index in [-0.39, 0.29) is 17.9 Å². The van der Waals surface area contributed by atoms with Crippen molar-refractivity contribution in [3.63, 3.8) is 0 Å². The lowest BCUT2D eigenvalue weighted by Gasteiger charge is -2.33. The van der Waals surface area contributed by atoms with Gasteiger partial charge in [0.05, 0.1) is 5.56 Å². The quantitative estimate of drug-likeness (QED) is 0.714. The van der Waals surface area contributed by atoms with Crippen molar-refractivity contribution in [3.8, 4) is 0 Å². The van der Waals surface area contributed by atoms with Crippen LogP contribution in [0.1, 0.15) is 43.5 Å². The highest BCUT2D eigenvalue weighted by atomic mass is 127. The van der Waals surface area contributed by atoms with Gasteiger partial charge in [0, 0.05) is 34.1 Å². The molecule has 0 aliphatic carbocycles. The topological polar surface area (TPSA) is 49.4 Å². The zero-order chi connectivity index (χ0) is 17.0. The van der Waals surface area contributed by atoms with E-state index in [0.29, 0.717) is 36.0 Å². The van der Waals surface area contributed by atoms with Gasteiger partial charge in [0.2, 0.25) is 5.91 Å². The molecule has 0 aromatic heterocycles. The number of carbonyl (C=O) groups excluding carboxylic acids is 2. The van der Waals surface area contributed by atoms with Crippen molar-refractivity contribution in [1.82, 2.24) is 10.2 Å². The summed E-state index contributed by atoms with van der Waals surface area (Å²) in [6.07, 6.45) is 2.21. The van der Waals surface area contributed by atoms with Crippen molar-refractivity contribution in [1.29, 1.82) is 0 Å². The van der Waals surface area contributed by atoms with Crippen molar-refractivity contribution in [3.05, 3.63) is 32.4 Å². The van der Waals surface area contributed by atoms with E-state index in [4.69, 9.17) is 11.6 Å². The third-order valence-corrected chi connectivity index (χ3v) is 5.07. The number of nitrogens with zero attached hydrogens (tertiary/aromatic N) is 1. The Morgan fingerprint density at radius 1 is 1.35 bits per heavy atom. The minimum absolute atomic E-state index is 0.0713. The third kappa shape index (κ3) is 5.35. The van der Waals surface area contributed by atoms with Crippen LogP contribution in [-0.4, -0.2) is 35.8 Å². The van der Waals surface area contributed by atoms with Gasteiger partial charge < -0.3 is 10.2 Å². The summed E-state index contributed by atoms with van der Waals surface area (Å²) in [7, 11) is 0. The van der Waals surface area contributed by atoms with Gasteiger partial charge >= 0.3 is 0 Å². The van der Waals surface area contributed by atoms with Gasteiger partial charge in [0.15, 0.2) is 0 Å². The van der Waals surface area contributed by atoms with Crippen LogP contribution in [0.3, 0.4) is 0 Å². The molecular formula is C17H22ClIN2O2. The second-order valence-corrected chi connectivity index (χ2v) is 7.95. The molecule has 0 spiro atoms. The minimum atomic E-state index is -0.0713. The number of halogens is 2. The number of nitrogens with one attached hydrogen (secondary N) is 1. The molecule has 2 rings (SSSR count). The molecule has 0 saturated carbocycles. The standard InChI is InChI=1S/C17H22ClIN2O2/c1-11(2)9-16(22)21-7-5-13(6-8-21)20-17(23)14-4-3-12(18)10-15(14)19/h3-4,10-11,13H,5-9H2,1-2H3,(H,20,23). The summed E-state index contributed by atoms with van der Waals surface area (Å²) in [5.74, 6) is 0.530. The van der Waals surface area contributed by atoms with E-state index in [0.717, 1.165) is 16.4 Å². The summed E-state index contributed by atoms with van der Waals surface area (Å²) in [5.41, 5.74) is 0.647. The van der Waals surface area contributed by atoms with Crippen LogP contribution in [-0.2, 0) is 4.79 Å². The van der Waals surface area contributed by atoms with E-state index < -0.39 is 0 Å². The zero-order valence-corrected chi connectivity index (χ0v) is 16.4. The van der Waals surface area contributed by atoms with Gasteiger partial charge in [-0.1, -0.05) is 25.4 Å². The summed E-state index contributed by atoms with van der Waals surface area (Å²) in [5, 5.41) is 3.70. The lowest BCUT2D eigenvalue weighted by Crippen LogP contribution is -2.46. The maximum atomic E-state index is 12.4. The van der Waals surface area contributed by atoms with Crippen LogP contribution >= 0.6 is 34.2 Å². The van der Waals surface area contributed by atoms with Crippen LogP contribution in [0.2, 0.25) is 5.02 Å². The van der Waals surface area contributed by atoms with E-state index in [1.165, 1.54) is 0 Å². The Kier molecular flexibility index (Phi) is 6.71. The van der Waals surface area contributed by atoms with Gasteiger partial charge in [-0.3, -0.25) is 9.59 Å². The summed E-state index contributed by atoms with van der Waals surface area (Å²) >= 11 is 8.04. The molecule has 0 atom stereocenters. The number of piperidine rings is 1. The number of hydrogen-bond acceptors (Lipinski definition) is 2. The molecule has 0 unspecified atom stereocenters. The average molecular weight is 449 g/mol. The lowest BCUT2D eigenvalue weighted by molar-refractivity contribution is -0.133. The smallest absolute Gasteiger partial charge is 0.252 e. The average Bonchev–Trinajstić information content (AvgIpc) is 2.47. The van der Waals surface area contributed by atoms with Gasteiger partial charge in [-0.2, -0.15) is 0 Å². The predicted octanol–water partition coefficient (Wildman–Crippen LogP) is 3.71. The summed E-state index contributed by atoms with van der Waals surface area (Å²) in [6, 6.07) is 5.38. The molecule has 2 amide bonds. The number of rotatable bonds is 4. The first-order valence-electron chi connectivity index (χ1n) is 7.90. The third-order valence-electron chi connectivity index (χ3n) is 3.94. The molecule has 1 heterocycles. The number of benzene rings is 1. The van der Waals surface area contributed by atoms with Crippen LogP contribution in [0.5, 0.6) is 0 Å². The number of amides is 2. The Morgan fingerprint density at radius 3 is 2.57 bits per heavy atom. The van der Waals surface area contributed by atoms with Crippen molar-refractivity contribution >= 4 is 46.0 Å². The Hall–Kier alpha value is -0.820. The first-order chi connectivity index (χ1) is 10.9. The van der Waals surface area contributed by atoms with E-state index >= 15 is 0 Å². The molecule has 4 nitrogen and oxygen atoms in total. The molecule has 0 bridgehead atoms. The van der Waals surface area contributed by atoms with Crippen molar-refractivity contribution in [2.45, 2.75) is 39.2 Å². The van der Waals surface area contributed by atoms with E-state index in [2.05, 4.69) is 41.8 Å². The van der Waals surface area contributed by atoms with Crippen molar-refractivity contribution in [2.75, 3.05) is 13.1 Å². The molecule has 1 saturated heterocycles. The minimum Gasteiger partial charge on any atom is -0.349 e. The number of hydrogen-bond donors (Lipinski definition) is 1. The second kappa shape index (κ2) is 8.33. The van der Waals surface area contributed by atoms with Crippen LogP contribution in [0.4, 0.5) is 0 Å². The molecule has 1 fully saturated rings. The Balaban J connectivity index is 1.86. The Labute approximate surface area is 156 Å². The molecule has 1 aliphatic rings. The molecule has 1 aromatic rings. The van der Waals surface area contributed by atoms with Gasteiger partial charge in [0.1, 0.15) is 0 Å². The number of carbonyl (C=O) groups is 2. The SMILES string of the molecule is CC(C)CC(=O)N1CCC(NC(=O)c2ccc(Cl)cc2I)CC1. The molecule has 126 valence electrons. The van der Waals surface area contributed by atoms with Gasteiger partial charge in [-0.25, -0.2) is 0 Å². The molecule has 0 radical (unpaired) electrons. The largest absolute Gasteiger partial charge is 0.349 e. The monoisotopic (exact) mass is 448 g/mol. The highest BCUT2D eigenvalue weighted by molar-refractivity contribution is 14.1. The second-order valence-electron chi connectivity index (χ2n) is 6.35. The Bertz CT molecular complexity index is 584. The molecule has 6 heteroatoms. The van der Waals surface area contributed by atoms with Crippen LogP contribution < -0.4 is 5.32 Å². The van der Waals surface area contributed by atoms with Crippen molar-refractivity contribution < 1.29 is 9.59 Å². The normalized spacial score (nSPS) is 15.8. The highest BCUT2D eigenvalue weighted by Crippen LogP contribution is 2.19. The maximum absolute atomic E-state index is 12.4. The Morgan fingerprint density at radius 2 is 2.00 bits per heavy atom. The van der Waals surface area contributed by atoms with E-state index in [1.54, 1.807) is 18.2 Å². The molecular weight excluding hydrogens is 427 g/mol. The molecule has 1 N–H and O–H groups in total. The summed E-state index contributed by atoms with van der Waals surface area (Å²) < 4.78 is 0.845. The van der Waals surface area contributed by atoms with E-state index in [1.807, 2.05) is 4.90 Å². The zero-order valence-electron chi connectivity index (χ0n) is 13.4. The van der Waals surface area contributed by atoms with Gasteiger partial charge in [-0.05, 0) is 59.5 Å². The predicted molar refractivity (Wildman–Crippen MR) is 101 cm³/mol. The summed E-state index contributed by atoms with van der Waals surface area (Å²) in [6.45, 7) is 5.54. The van der Waals surface area contributed by atoms with E-state index in [9.17, 15) is 9.59 Å². The first-order valence-corrected chi connectivity index (χ1v) is 9.36. The lowest BCUT2D eigenvalue weighted by atomic mass is 10.0. The van der Waals surface area contributed by atoms with Crippen LogP contribution in [0.25, 0.3) is 0 Å². The summed E-state index contributed by atoms with van der Waals surface area (Å²) in [4.78, 5) is 26.3. The van der Waals surface area contributed by atoms with Gasteiger partial charge in [0.25, 0.3) is 5.91 Å². The maximum Gasteiger partial charge on any atom is 0.252 e. The first kappa shape index (κ1) is 18.5. The fourth-order valence-electron chi connectivity index (χ4n) is 2.69. The molecule has 1 aromatic carbocycles. The molecule has 23 heavy (non-hydrogen) atoms.